The summed E-state index contributed by atoms with van der Waals surface area (Å²) in [5, 5.41) is 23.4. The molecule has 0 amide bonds. The van der Waals surface area contributed by atoms with Crippen molar-refractivity contribution in [2.24, 2.45) is 0 Å². The number of rotatable bonds is 4. The molecule has 4 heteroatoms. The third-order valence-electron chi connectivity index (χ3n) is 6.45. The summed E-state index contributed by atoms with van der Waals surface area (Å²) in [5.41, 5.74) is 4.29. The highest BCUT2D eigenvalue weighted by molar-refractivity contribution is 5.89. The van der Waals surface area contributed by atoms with Crippen LogP contribution < -0.4 is 9.47 Å². The fourth-order valence-electron chi connectivity index (χ4n) is 4.43. The van der Waals surface area contributed by atoms with Crippen molar-refractivity contribution < 1.29 is 19.7 Å². The number of hydrogen-bond acceptors (Lipinski definition) is 4. The lowest BCUT2D eigenvalue weighted by molar-refractivity contribution is 0.415. The van der Waals surface area contributed by atoms with Crippen molar-refractivity contribution in [1.29, 1.82) is 0 Å². The molecule has 0 atom stereocenters. The summed E-state index contributed by atoms with van der Waals surface area (Å²) in [7, 11) is 3.37. The van der Waals surface area contributed by atoms with E-state index in [1.807, 2.05) is 60.7 Å². The van der Waals surface area contributed by atoms with Gasteiger partial charge in [0.05, 0.1) is 14.2 Å². The first-order valence-electron chi connectivity index (χ1n) is 12.3. The number of aromatic hydroxyl groups is 2. The lowest BCUT2D eigenvalue weighted by Gasteiger charge is -2.07. The first kappa shape index (κ1) is 24.7. The molecule has 6 aromatic rings. The van der Waals surface area contributed by atoms with Crippen molar-refractivity contribution in [3.63, 3.8) is 0 Å². The van der Waals surface area contributed by atoms with Gasteiger partial charge in [-0.25, -0.2) is 0 Å². The van der Waals surface area contributed by atoms with Gasteiger partial charge in [-0.15, -0.1) is 0 Å². The molecule has 0 saturated carbocycles. The maximum absolute atomic E-state index is 9.50. The second kappa shape index (κ2) is 11.0. The van der Waals surface area contributed by atoms with Crippen molar-refractivity contribution in [3.05, 3.63) is 121 Å². The fraction of sp³-hybridized carbons (Fsp3) is 0.0588. The Bertz CT molecular complexity index is 1720. The molecular formula is C34H28O4. The number of methoxy groups -OCH3 is 2. The van der Waals surface area contributed by atoms with Crippen LogP contribution in [0.5, 0.6) is 23.0 Å². The molecule has 0 aromatic heterocycles. The van der Waals surface area contributed by atoms with Gasteiger partial charge in [-0.1, -0.05) is 60.7 Å². The fourth-order valence-corrected chi connectivity index (χ4v) is 4.43. The molecule has 0 aliphatic heterocycles. The van der Waals surface area contributed by atoms with Crippen molar-refractivity contribution in [1.82, 2.24) is 0 Å². The number of fused-ring (bicyclic) bond motifs is 2. The summed E-state index contributed by atoms with van der Waals surface area (Å²) >= 11 is 0. The smallest absolute Gasteiger partial charge is 0.119 e. The Hall–Kier alpha value is -4.96. The van der Waals surface area contributed by atoms with Crippen LogP contribution in [-0.4, -0.2) is 24.4 Å². The molecule has 0 saturated heterocycles. The highest BCUT2D eigenvalue weighted by atomic mass is 16.5. The number of benzene rings is 6. The predicted molar refractivity (Wildman–Crippen MR) is 155 cm³/mol. The topological polar surface area (TPSA) is 58.9 Å². The van der Waals surface area contributed by atoms with Crippen molar-refractivity contribution >= 4 is 21.5 Å². The first-order valence-corrected chi connectivity index (χ1v) is 12.3. The third-order valence-corrected chi connectivity index (χ3v) is 6.45. The van der Waals surface area contributed by atoms with Crippen molar-refractivity contribution in [2.75, 3.05) is 14.2 Å². The predicted octanol–water partition coefficient (Wildman–Crippen LogP) is 8.44. The van der Waals surface area contributed by atoms with Gasteiger partial charge < -0.3 is 19.7 Å². The van der Waals surface area contributed by atoms with E-state index in [2.05, 4.69) is 36.4 Å². The van der Waals surface area contributed by atoms with Gasteiger partial charge in [0.2, 0.25) is 0 Å². The maximum atomic E-state index is 9.50. The highest BCUT2D eigenvalue weighted by Gasteiger charge is 2.03. The van der Waals surface area contributed by atoms with Gasteiger partial charge in [0, 0.05) is 0 Å². The Morgan fingerprint density at radius 1 is 0.395 bits per heavy atom. The van der Waals surface area contributed by atoms with Crippen LogP contribution in [0.1, 0.15) is 0 Å². The van der Waals surface area contributed by atoms with E-state index in [1.165, 1.54) is 16.3 Å². The van der Waals surface area contributed by atoms with Gasteiger partial charge in [0.25, 0.3) is 0 Å². The van der Waals surface area contributed by atoms with Crippen LogP contribution in [0.25, 0.3) is 43.8 Å². The minimum atomic E-state index is 0.253. The molecule has 4 nitrogen and oxygen atoms in total. The molecule has 188 valence electrons. The van der Waals surface area contributed by atoms with Gasteiger partial charge in [-0.2, -0.15) is 0 Å². The minimum Gasteiger partial charge on any atom is -0.508 e. The van der Waals surface area contributed by atoms with E-state index >= 15 is 0 Å². The van der Waals surface area contributed by atoms with Crippen LogP contribution >= 0.6 is 0 Å². The molecule has 0 heterocycles. The number of phenols is 2. The van der Waals surface area contributed by atoms with Crippen LogP contribution in [-0.2, 0) is 0 Å². The molecule has 0 unspecified atom stereocenters. The van der Waals surface area contributed by atoms with Crippen molar-refractivity contribution in [3.8, 4) is 45.3 Å². The Morgan fingerprint density at radius 3 is 1.55 bits per heavy atom. The van der Waals surface area contributed by atoms with Crippen molar-refractivity contribution in [2.45, 2.75) is 0 Å². The molecule has 38 heavy (non-hydrogen) atoms. The van der Waals surface area contributed by atoms with E-state index < -0.39 is 0 Å². The molecule has 6 rings (SSSR count). The zero-order valence-corrected chi connectivity index (χ0v) is 21.3. The lowest BCUT2D eigenvalue weighted by Crippen LogP contribution is -1.85. The van der Waals surface area contributed by atoms with E-state index in [4.69, 9.17) is 9.47 Å². The van der Waals surface area contributed by atoms with Gasteiger partial charge in [-0.3, -0.25) is 0 Å². The van der Waals surface area contributed by atoms with E-state index in [9.17, 15) is 10.2 Å². The summed E-state index contributed by atoms with van der Waals surface area (Å²) in [6, 6.07) is 39.1. The summed E-state index contributed by atoms with van der Waals surface area (Å²) in [6.45, 7) is 0. The van der Waals surface area contributed by atoms with Gasteiger partial charge in [0.1, 0.15) is 23.0 Å². The molecule has 0 aliphatic rings. The zero-order valence-electron chi connectivity index (χ0n) is 21.3. The van der Waals surface area contributed by atoms with Crippen LogP contribution in [0.4, 0.5) is 0 Å². The van der Waals surface area contributed by atoms with Gasteiger partial charge >= 0.3 is 0 Å². The third kappa shape index (κ3) is 5.55. The Balaban J connectivity index is 0.000000156. The van der Waals surface area contributed by atoms with Gasteiger partial charge in [-0.05, 0) is 104 Å². The Morgan fingerprint density at radius 2 is 0.895 bits per heavy atom. The van der Waals surface area contributed by atoms with Crippen LogP contribution in [0, 0.1) is 0 Å². The lowest BCUT2D eigenvalue weighted by atomic mass is 10.0. The molecule has 0 bridgehead atoms. The monoisotopic (exact) mass is 500 g/mol. The summed E-state index contributed by atoms with van der Waals surface area (Å²) in [4.78, 5) is 0. The summed E-state index contributed by atoms with van der Waals surface area (Å²) < 4.78 is 10.6. The SMILES string of the molecule is COc1cccc(-c2ccc3ccc(OC)cc3c2)c1.Oc1cccc(-c2ccc3ccc(O)cc3c2)c1. The molecule has 0 radical (unpaired) electrons. The molecule has 0 aliphatic carbocycles. The minimum absolute atomic E-state index is 0.253. The van der Waals surface area contributed by atoms with Gasteiger partial charge in [0.15, 0.2) is 0 Å². The summed E-state index contributed by atoms with van der Waals surface area (Å²) in [6.07, 6.45) is 0. The first-order chi connectivity index (χ1) is 18.5. The quantitative estimate of drug-likeness (QED) is 0.255. The Labute approximate surface area is 222 Å². The Kier molecular flexibility index (Phi) is 7.14. The average molecular weight is 501 g/mol. The number of phenolic OH excluding ortho intramolecular Hbond substituents is 2. The van der Waals surface area contributed by atoms with E-state index in [0.29, 0.717) is 0 Å². The second-order valence-electron chi connectivity index (χ2n) is 8.96. The van der Waals surface area contributed by atoms with Crippen LogP contribution in [0.15, 0.2) is 121 Å². The standard InChI is InChI=1S/C18H16O2.C16H12O2/c1-19-17-5-3-4-14(11-17)15-7-6-13-8-9-18(20-2)12-16(13)10-15;17-15-3-1-2-12(9-15)13-5-4-11-6-7-16(18)10-14(11)8-13/h3-12H,1-2H3;1-10,17-18H. The molecule has 2 N–H and O–H groups in total. The number of ether oxygens (including phenoxy) is 2. The normalized spacial score (nSPS) is 10.6. The molecule has 0 spiro atoms. The van der Waals surface area contributed by atoms with E-state index in [0.717, 1.165) is 39.0 Å². The van der Waals surface area contributed by atoms with Crippen LogP contribution in [0.3, 0.4) is 0 Å². The maximum Gasteiger partial charge on any atom is 0.119 e. The zero-order chi connectivity index (χ0) is 26.5. The van der Waals surface area contributed by atoms with E-state index in [-0.39, 0.29) is 11.5 Å². The molecule has 6 aromatic carbocycles. The second-order valence-corrected chi connectivity index (χ2v) is 8.96. The average Bonchev–Trinajstić information content (AvgIpc) is 2.96. The summed E-state index contributed by atoms with van der Waals surface area (Å²) in [5.74, 6) is 2.26. The highest BCUT2D eigenvalue weighted by Crippen LogP contribution is 2.30. The van der Waals surface area contributed by atoms with Crippen LogP contribution in [0.2, 0.25) is 0 Å². The van der Waals surface area contributed by atoms with E-state index in [1.54, 1.807) is 38.5 Å². The molecule has 0 fully saturated rings. The molecular weight excluding hydrogens is 472 g/mol. The number of hydrogen-bond donors (Lipinski definition) is 2. The largest absolute Gasteiger partial charge is 0.508 e.